The molecule has 1 atom stereocenters. The topological polar surface area (TPSA) is 86.6 Å². The van der Waals surface area contributed by atoms with E-state index < -0.39 is 17.9 Å². The smallest absolute Gasteiger partial charge is 0.377 e. The van der Waals surface area contributed by atoms with E-state index in [1.807, 2.05) is 0 Å². The number of alkyl halides is 1. The summed E-state index contributed by atoms with van der Waals surface area (Å²) in [5.41, 5.74) is 0.422. The van der Waals surface area contributed by atoms with E-state index in [4.69, 9.17) is 16.7 Å². The monoisotopic (exact) mass is 257 g/mol. The molecule has 0 fully saturated rings. The van der Waals surface area contributed by atoms with Gasteiger partial charge < -0.3 is 15.5 Å². The van der Waals surface area contributed by atoms with Crippen LogP contribution in [0.4, 0.5) is 5.69 Å². The summed E-state index contributed by atoms with van der Waals surface area (Å²) >= 11 is 5.42. The zero-order valence-corrected chi connectivity index (χ0v) is 9.65. The van der Waals surface area contributed by atoms with E-state index >= 15 is 0 Å². The average molecular weight is 258 g/mol. The minimum absolute atomic E-state index is 0.0572. The molecule has 6 heteroatoms. The normalized spacial score (nSPS) is 11.9. The molecule has 0 heterocycles. The summed E-state index contributed by atoms with van der Waals surface area (Å²) in [5, 5.41) is 20.7. The van der Waals surface area contributed by atoms with Crippen molar-refractivity contribution in [3.8, 4) is 0 Å². The van der Waals surface area contributed by atoms with Crippen LogP contribution in [0.3, 0.4) is 0 Å². The molecule has 0 aliphatic rings. The Bertz CT molecular complexity index is 422. The predicted octanol–water partition coefficient (Wildman–Crippen LogP) is 0.966. The number of hydrogen-bond donors (Lipinski definition) is 3. The molecule has 0 saturated heterocycles. The number of carboxylic acids is 1. The second kappa shape index (κ2) is 6.22. The number of carbonyl (C=O) groups excluding carboxylic acids is 1. The van der Waals surface area contributed by atoms with Crippen molar-refractivity contribution in [2.75, 3.05) is 17.7 Å². The maximum atomic E-state index is 11.4. The van der Waals surface area contributed by atoms with Gasteiger partial charge in [0.1, 0.15) is 0 Å². The highest BCUT2D eigenvalue weighted by Crippen LogP contribution is 2.15. The number of ketones is 1. The summed E-state index contributed by atoms with van der Waals surface area (Å²) in [6, 6.07) is 6.20. The number of aliphatic hydroxyl groups is 1. The van der Waals surface area contributed by atoms with Gasteiger partial charge in [0.25, 0.3) is 5.78 Å². The molecule has 1 aromatic carbocycles. The van der Waals surface area contributed by atoms with Gasteiger partial charge in [-0.05, 0) is 12.1 Å². The van der Waals surface area contributed by atoms with Crippen molar-refractivity contribution in [2.45, 2.75) is 6.10 Å². The Morgan fingerprint density at radius 1 is 1.35 bits per heavy atom. The Balaban J connectivity index is 2.85. The van der Waals surface area contributed by atoms with Crippen LogP contribution in [0, 0.1) is 0 Å². The zero-order chi connectivity index (χ0) is 12.8. The summed E-state index contributed by atoms with van der Waals surface area (Å²) in [6.45, 7) is 0.146. The third kappa shape index (κ3) is 3.72. The third-order valence-corrected chi connectivity index (χ3v) is 2.43. The van der Waals surface area contributed by atoms with Gasteiger partial charge in [-0.3, -0.25) is 4.79 Å². The number of para-hydroxylation sites is 1. The number of aliphatic carboxylic acids is 1. The second-order valence-electron chi connectivity index (χ2n) is 3.37. The van der Waals surface area contributed by atoms with Crippen molar-refractivity contribution in [1.82, 2.24) is 0 Å². The highest BCUT2D eigenvalue weighted by molar-refractivity contribution is 6.41. The Morgan fingerprint density at radius 2 is 2.00 bits per heavy atom. The van der Waals surface area contributed by atoms with Crippen molar-refractivity contribution in [1.29, 1.82) is 0 Å². The van der Waals surface area contributed by atoms with Crippen LogP contribution in [0.25, 0.3) is 0 Å². The number of benzene rings is 1. The number of hydrogen-bond acceptors (Lipinski definition) is 4. The molecule has 17 heavy (non-hydrogen) atoms. The molecule has 1 rings (SSSR count). The van der Waals surface area contributed by atoms with Gasteiger partial charge in [0.05, 0.1) is 17.5 Å². The number of anilines is 1. The maximum absolute atomic E-state index is 11.4. The molecule has 0 radical (unpaired) electrons. The lowest BCUT2D eigenvalue weighted by Gasteiger charge is -2.12. The van der Waals surface area contributed by atoms with Gasteiger partial charge in [0.2, 0.25) is 0 Å². The first-order valence-corrected chi connectivity index (χ1v) is 5.44. The third-order valence-electron chi connectivity index (χ3n) is 2.07. The van der Waals surface area contributed by atoms with Crippen LogP contribution in [0.1, 0.15) is 10.4 Å². The quantitative estimate of drug-likeness (QED) is 0.402. The van der Waals surface area contributed by atoms with Gasteiger partial charge in [-0.25, -0.2) is 4.79 Å². The molecular weight excluding hydrogens is 246 g/mol. The van der Waals surface area contributed by atoms with E-state index in [2.05, 4.69) is 5.32 Å². The molecule has 0 amide bonds. The van der Waals surface area contributed by atoms with E-state index in [1.165, 1.54) is 6.07 Å². The SMILES string of the molecule is O=C(O)C(=O)c1ccccc1NCC(O)CCl. The number of nitrogens with one attached hydrogen (secondary N) is 1. The van der Waals surface area contributed by atoms with Crippen LogP contribution in [-0.2, 0) is 4.79 Å². The van der Waals surface area contributed by atoms with Gasteiger partial charge in [-0.1, -0.05) is 12.1 Å². The fourth-order valence-electron chi connectivity index (χ4n) is 1.23. The molecule has 92 valence electrons. The first-order chi connectivity index (χ1) is 8.06. The minimum atomic E-state index is -1.52. The van der Waals surface area contributed by atoms with Crippen molar-refractivity contribution in [3.05, 3.63) is 29.8 Å². The summed E-state index contributed by atoms with van der Waals surface area (Å²) in [7, 11) is 0. The number of rotatable bonds is 6. The molecule has 0 bridgehead atoms. The van der Waals surface area contributed by atoms with Crippen molar-refractivity contribution in [2.24, 2.45) is 0 Å². The first-order valence-electron chi connectivity index (χ1n) is 4.90. The lowest BCUT2D eigenvalue weighted by molar-refractivity contribution is -0.131. The number of aliphatic hydroxyl groups excluding tert-OH is 1. The van der Waals surface area contributed by atoms with Crippen LogP contribution in [0.15, 0.2) is 24.3 Å². The fourth-order valence-corrected chi connectivity index (χ4v) is 1.34. The summed E-state index contributed by atoms with van der Waals surface area (Å²) in [6.07, 6.45) is -0.760. The maximum Gasteiger partial charge on any atom is 0.377 e. The average Bonchev–Trinajstić information content (AvgIpc) is 2.35. The Morgan fingerprint density at radius 3 is 2.59 bits per heavy atom. The Kier molecular flexibility index (Phi) is 4.93. The van der Waals surface area contributed by atoms with Crippen LogP contribution in [0.5, 0.6) is 0 Å². The van der Waals surface area contributed by atoms with Gasteiger partial charge >= 0.3 is 5.97 Å². The number of halogens is 1. The Hall–Kier alpha value is -1.59. The minimum Gasteiger partial charge on any atom is -0.475 e. The summed E-state index contributed by atoms with van der Waals surface area (Å²) < 4.78 is 0. The van der Waals surface area contributed by atoms with E-state index in [-0.39, 0.29) is 18.0 Å². The van der Waals surface area contributed by atoms with Crippen molar-refractivity contribution >= 4 is 29.0 Å². The summed E-state index contributed by atoms with van der Waals surface area (Å²) in [4.78, 5) is 21.9. The number of carbonyl (C=O) groups is 2. The molecule has 1 unspecified atom stereocenters. The van der Waals surface area contributed by atoms with Gasteiger partial charge in [-0.2, -0.15) is 0 Å². The highest BCUT2D eigenvalue weighted by Gasteiger charge is 2.18. The van der Waals surface area contributed by atoms with E-state index in [0.717, 1.165) is 0 Å². The molecule has 0 aromatic heterocycles. The van der Waals surface area contributed by atoms with E-state index in [0.29, 0.717) is 5.69 Å². The fraction of sp³-hybridized carbons (Fsp3) is 0.273. The first kappa shape index (κ1) is 13.5. The van der Waals surface area contributed by atoms with Crippen molar-refractivity contribution in [3.63, 3.8) is 0 Å². The molecule has 0 spiro atoms. The zero-order valence-electron chi connectivity index (χ0n) is 8.89. The molecule has 0 aliphatic heterocycles. The van der Waals surface area contributed by atoms with Gasteiger partial charge in [0, 0.05) is 12.2 Å². The molecular formula is C11H12ClNO4. The standard InChI is InChI=1S/C11H12ClNO4/c12-5-7(14)6-13-9-4-2-1-3-8(9)10(15)11(16)17/h1-4,7,13-14H,5-6H2,(H,16,17). The molecule has 1 aromatic rings. The predicted molar refractivity (Wildman–Crippen MR) is 63.6 cm³/mol. The highest BCUT2D eigenvalue weighted by atomic mass is 35.5. The van der Waals surface area contributed by atoms with E-state index in [1.54, 1.807) is 18.2 Å². The van der Waals surface area contributed by atoms with Crippen LogP contribution in [0.2, 0.25) is 0 Å². The second-order valence-corrected chi connectivity index (χ2v) is 3.68. The van der Waals surface area contributed by atoms with Crippen LogP contribution < -0.4 is 5.32 Å². The van der Waals surface area contributed by atoms with Crippen LogP contribution >= 0.6 is 11.6 Å². The van der Waals surface area contributed by atoms with Crippen LogP contribution in [-0.4, -0.2) is 40.5 Å². The lowest BCUT2D eigenvalue weighted by Crippen LogP contribution is -2.22. The molecule has 5 nitrogen and oxygen atoms in total. The Labute approximate surface area is 103 Å². The van der Waals surface area contributed by atoms with Gasteiger partial charge in [0.15, 0.2) is 0 Å². The van der Waals surface area contributed by atoms with Gasteiger partial charge in [-0.15, -0.1) is 11.6 Å². The molecule has 0 saturated carbocycles. The molecule has 3 N–H and O–H groups in total. The van der Waals surface area contributed by atoms with E-state index in [9.17, 15) is 14.7 Å². The number of carboxylic acid groups (broad SMARTS) is 1. The lowest BCUT2D eigenvalue weighted by atomic mass is 10.1. The van der Waals surface area contributed by atoms with Crippen molar-refractivity contribution < 1.29 is 19.8 Å². The molecule has 0 aliphatic carbocycles. The summed E-state index contributed by atoms with van der Waals surface area (Å²) in [5.74, 6) is -2.45. The number of Topliss-reactive ketones (excluding diaryl/α,β-unsaturated/α-hetero) is 1. The largest absolute Gasteiger partial charge is 0.475 e.